The van der Waals surface area contributed by atoms with Gasteiger partial charge in [0.25, 0.3) is 0 Å². The van der Waals surface area contributed by atoms with Crippen LogP contribution in [-0.4, -0.2) is 27.5 Å². The van der Waals surface area contributed by atoms with Gasteiger partial charge in [0, 0.05) is 18.0 Å². The Morgan fingerprint density at radius 2 is 2.00 bits per heavy atom. The van der Waals surface area contributed by atoms with Crippen LogP contribution in [0.5, 0.6) is 0 Å². The van der Waals surface area contributed by atoms with Crippen molar-refractivity contribution < 1.29 is 9.32 Å². The van der Waals surface area contributed by atoms with Crippen molar-refractivity contribution in [3.8, 4) is 11.4 Å². The summed E-state index contributed by atoms with van der Waals surface area (Å²) >= 11 is 0. The van der Waals surface area contributed by atoms with Crippen molar-refractivity contribution in [2.45, 2.75) is 38.1 Å². The van der Waals surface area contributed by atoms with Gasteiger partial charge < -0.3 is 9.42 Å². The molecule has 2 aliphatic carbocycles. The first-order valence-corrected chi connectivity index (χ1v) is 9.67. The van der Waals surface area contributed by atoms with E-state index in [-0.39, 0.29) is 17.9 Å². The third-order valence-electron chi connectivity index (χ3n) is 6.14. The predicted molar refractivity (Wildman–Crippen MR) is 96.9 cm³/mol. The Bertz CT molecular complexity index is 829. The van der Waals surface area contributed by atoms with E-state index < -0.39 is 0 Å². The van der Waals surface area contributed by atoms with Gasteiger partial charge in [-0.2, -0.15) is 4.98 Å². The average Bonchev–Trinajstić information content (AvgIpc) is 3.45. The van der Waals surface area contributed by atoms with Gasteiger partial charge in [-0.15, -0.1) is 0 Å². The summed E-state index contributed by atoms with van der Waals surface area (Å²) in [6.07, 6.45) is 9.73. The van der Waals surface area contributed by atoms with Crippen LogP contribution in [0.25, 0.3) is 11.4 Å². The first-order chi connectivity index (χ1) is 12.8. The molecule has 1 amide bonds. The van der Waals surface area contributed by atoms with Gasteiger partial charge in [-0.25, -0.2) is 0 Å². The van der Waals surface area contributed by atoms with Crippen LogP contribution in [0.4, 0.5) is 0 Å². The molecule has 0 spiro atoms. The van der Waals surface area contributed by atoms with E-state index in [2.05, 4.69) is 22.3 Å². The number of amides is 1. The topological polar surface area (TPSA) is 59.2 Å². The number of aromatic nitrogens is 2. The number of fused-ring (bicyclic) bond motifs is 2. The van der Waals surface area contributed by atoms with Crippen molar-refractivity contribution in [3.63, 3.8) is 0 Å². The summed E-state index contributed by atoms with van der Waals surface area (Å²) in [5.41, 5.74) is 0.939. The van der Waals surface area contributed by atoms with Gasteiger partial charge in [-0.1, -0.05) is 47.6 Å². The summed E-state index contributed by atoms with van der Waals surface area (Å²) < 4.78 is 5.59. The normalized spacial score (nSPS) is 30.1. The number of benzene rings is 1. The van der Waals surface area contributed by atoms with Gasteiger partial charge in [0.1, 0.15) is 6.04 Å². The van der Waals surface area contributed by atoms with E-state index in [1.165, 1.54) is 0 Å². The minimum absolute atomic E-state index is 0.0793. The fourth-order valence-corrected chi connectivity index (χ4v) is 4.80. The Hall–Kier alpha value is -2.43. The highest BCUT2D eigenvalue weighted by atomic mass is 16.5. The highest BCUT2D eigenvalue weighted by molar-refractivity contribution is 5.80. The summed E-state index contributed by atoms with van der Waals surface area (Å²) in [5.74, 6) is 2.63. The summed E-state index contributed by atoms with van der Waals surface area (Å²) in [5, 5.41) is 4.16. The van der Waals surface area contributed by atoms with Crippen molar-refractivity contribution in [2.75, 3.05) is 6.54 Å². The van der Waals surface area contributed by atoms with Gasteiger partial charge in [0.15, 0.2) is 0 Å². The van der Waals surface area contributed by atoms with E-state index in [1.54, 1.807) is 0 Å². The van der Waals surface area contributed by atoms with Crippen molar-refractivity contribution in [2.24, 2.45) is 17.8 Å². The Kier molecular flexibility index (Phi) is 3.88. The molecule has 2 aromatic rings. The summed E-state index contributed by atoms with van der Waals surface area (Å²) in [7, 11) is 0. The molecule has 5 nitrogen and oxygen atoms in total. The molecule has 5 rings (SSSR count). The Morgan fingerprint density at radius 1 is 1.12 bits per heavy atom. The summed E-state index contributed by atoms with van der Waals surface area (Å²) in [4.78, 5) is 19.9. The lowest BCUT2D eigenvalue weighted by Gasteiger charge is -2.36. The van der Waals surface area contributed by atoms with Crippen LogP contribution in [-0.2, 0) is 4.79 Å². The number of nitrogens with zero attached hydrogens (tertiary/aromatic N) is 3. The molecule has 2 heterocycles. The smallest absolute Gasteiger partial charge is 0.249 e. The number of rotatable bonds is 3. The van der Waals surface area contributed by atoms with Crippen LogP contribution in [0.1, 0.15) is 44.0 Å². The molecule has 1 saturated carbocycles. The van der Waals surface area contributed by atoms with Gasteiger partial charge in [-0.05, 0) is 43.9 Å². The van der Waals surface area contributed by atoms with Crippen LogP contribution < -0.4 is 0 Å². The number of carbonyl (C=O) groups excluding carboxylic acids is 1. The predicted octanol–water partition coefficient (Wildman–Crippen LogP) is 4.00. The largest absolute Gasteiger partial charge is 0.337 e. The summed E-state index contributed by atoms with van der Waals surface area (Å²) in [6.45, 7) is 0.796. The minimum Gasteiger partial charge on any atom is -0.337 e. The fourth-order valence-electron chi connectivity index (χ4n) is 4.80. The number of hydrogen-bond acceptors (Lipinski definition) is 4. The first kappa shape index (κ1) is 15.8. The third-order valence-corrected chi connectivity index (χ3v) is 6.14. The van der Waals surface area contributed by atoms with E-state index in [9.17, 15) is 4.79 Å². The molecule has 1 aliphatic heterocycles. The molecule has 134 valence electrons. The van der Waals surface area contributed by atoms with E-state index in [4.69, 9.17) is 4.52 Å². The lowest BCUT2D eigenvalue weighted by molar-refractivity contribution is -0.141. The highest BCUT2D eigenvalue weighted by Gasteiger charge is 2.44. The Balaban J connectivity index is 1.39. The van der Waals surface area contributed by atoms with Crippen LogP contribution in [0, 0.1) is 17.8 Å². The van der Waals surface area contributed by atoms with Crippen molar-refractivity contribution in [1.82, 2.24) is 15.0 Å². The van der Waals surface area contributed by atoms with Crippen molar-refractivity contribution >= 4 is 5.91 Å². The maximum absolute atomic E-state index is 13.3. The molecule has 4 unspecified atom stereocenters. The SMILES string of the molecule is O=C(C1CC2C=CC1C2)N1CCCCC1c1nc(-c2ccccc2)no1. The number of piperidine rings is 1. The lowest BCUT2D eigenvalue weighted by atomic mass is 9.90. The quantitative estimate of drug-likeness (QED) is 0.786. The molecule has 2 fully saturated rings. The highest BCUT2D eigenvalue weighted by Crippen LogP contribution is 2.45. The Labute approximate surface area is 153 Å². The second-order valence-corrected chi connectivity index (χ2v) is 7.75. The Morgan fingerprint density at radius 3 is 2.77 bits per heavy atom. The number of allylic oxidation sites excluding steroid dienone is 2. The third kappa shape index (κ3) is 2.66. The standard InChI is InChI=1S/C21H23N3O2/c25-21(17-13-14-9-10-16(17)12-14)24-11-5-4-8-18(24)20-22-19(23-26-20)15-6-2-1-3-7-15/h1-3,6-7,9-10,14,16-18H,4-5,8,11-13H2. The monoisotopic (exact) mass is 349 g/mol. The number of likely N-dealkylation sites (tertiary alicyclic amines) is 1. The van der Waals surface area contributed by atoms with Crippen molar-refractivity contribution in [3.05, 3.63) is 48.4 Å². The molecule has 0 radical (unpaired) electrons. The van der Waals surface area contributed by atoms with E-state index in [0.717, 1.165) is 44.2 Å². The van der Waals surface area contributed by atoms with Gasteiger partial charge in [-0.3, -0.25) is 4.79 Å². The average molecular weight is 349 g/mol. The number of hydrogen-bond donors (Lipinski definition) is 0. The molecule has 1 aromatic heterocycles. The molecular formula is C21H23N3O2. The molecule has 4 atom stereocenters. The zero-order valence-electron chi connectivity index (χ0n) is 14.8. The molecule has 1 aromatic carbocycles. The fraction of sp³-hybridized carbons (Fsp3) is 0.476. The molecule has 0 N–H and O–H groups in total. The maximum Gasteiger partial charge on any atom is 0.249 e. The molecule has 3 aliphatic rings. The number of carbonyl (C=O) groups is 1. The lowest BCUT2D eigenvalue weighted by Crippen LogP contribution is -2.43. The zero-order valence-corrected chi connectivity index (χ0v) is 14.8. The zero-order chi connectivity index (χ0) is 17.5. The second-order valence-electron chi connectivity index (χ2n) is 7.75. The second kappa shape index (κ2) is 6.38. The van der Waals surface area contributed by atoms with Crippen LogP contribution >= 0.6 is 0 Å². The van der Waals surface area contributed by atoms with Gasteiger partial charge >= 0.3 is 0 Å². The molecule has 26 heavy (non-hydrogen) atoms. The van der Waals surface area contributed by atoms with Crippen LogP contribution in [0.3, 0.4) is 0 Å². The molecule has 2 bridgehead atoms. The molecular weight excluding hydrogens is 326 g/mol. The first-order valence-electron chi connectivity index (χ1n) is 9.67. The van der Waals surface area contributed by atoms with E-state index >= 15 is 0 Å². The van der Waals surface area contributed by atoms with Gasteiger partial charge in [0.2, 0.25) is 17.6 Å². The maximum atomic E-state index is 13.3. The molecule has 1 saturated heterocycles. The molecule has 5 heteroatoms. The summed E-state index contributed by atoms with van der Waals surface area (Å²) in [6, 6.07) is 9.76. The van der Waals surface area contributed by atoms with Crippen molar-refractivity contribution in [1.29, 1.82) is 0 Å². The van der Waals surface area contributed by atoms with Crippen LogP contribution in [0.2, 0.25) is 0 Å². The minimum atomic E-state index is -0.0793. The van der Waals surface area contributed by atoms with E-state index in [1.807, 2.05) is 35.2 Å². The van der Waals surface area contributed by atoms with E-state index in [0.29, 0.717) is 23.6 Å². The van der Waals surface area contributed by atoms with Crippen LogP contribution in [0.15, 0.2) is 47.0 Å². The van der Waals surface area contributed by atoms with Gasteiger partial charge in [0.05, 0.1) is 0 Å².